The third kappa shape index (κ3) is 3.50. The lowest BCUT2D eigenvalue weighted by atomic mass is 9.99. The Morgan fingerprint density at radius 1 is 1.32 bits per heavy atom. The summed E-state index contributed by atoms with van der Waals surface area (Å²) in [5.41, 5.74) is 0.980. The van der Waals surface area contributed by atoms with Gasteiger partial charge in [0.2, 0.25) is 0 Å². The Morgan fingerprint density at radius 2 is 1.95 bits per heavy atom. The molecule has 0 N–H and O–H groups in total. The number of piperidine rings is 1. The highest BCUT2D eigenvalue weighted by Gasteiger charge is 2.22. The summed E-state index contributed by atoms with van der Waals surface area (Å²) < 4.78 is 7.41. The van der Waals surface area contributed by atoms with E-state index in [0.717, 1.165) is 44.3 Å². The van der Waals surface area contributed by atoms with Gasteiger partial charge in [-0.3, -0.25) is 0 Å². The molecule has 1 saturated heterocycles. The number of hydrogen-bond donors (Lipinski definition) is 0. The molecule has 0 aromatic heterocycles. The maximum Gasteiger partial charge on any atom is 0.143 e. The SMILES string of the molecule is COc1c(Br)cc(Br)cc1C(=S)N1CCC(C)CC1. The Kier molecular flexibility index (Phi) is 5.26. The molecule has 0 amide bonds. The average molecular weight is 407 g/mol. The number of ether oxygens (including phenoxy) is 1. The van der Waals surface area contributed by atoms with Crippen LogP contribution in [0.4, 0.5) is 0 Å². The van der Waals surface area contributed by atoms with E-state index in [-0.39, 0.29) is 0 Å². The summed E-state index contributed by atoms with van der Waals surface area (Å²) in [5, 5.41) is 0. The molecular formula is C14H17Br2NOS. The Balaban J connectivity index is 2.28. The zero-order chi connectivity index (χ0) is 14.0. The van der Waals surface area contributed by atoms with Crippen LogP contribution in [0.5, 0.6) is 5.75 Å². The standard InChI is InChI=1S/C14H17Br2NOS/c1-9-3-5-17(6-4-9)14(19)11-7-10(15)8-12(16)13(11)18-2/h7-9H,3-6H2,1-2H3. The first-order chi connectivity index (χ1) is 9.02. The number of methoxy groups -OCH3 is 1. The Hall–Kier alpha value is -0.130. The van der Waals surface area contributed by atoms with Crippen LogP contribution in [0.2, 0.25) is 0 Å². The second-order valence-electron chi connectivity index (χ2n) is 4.94. The van der Waals surface area contributed by atoms with Crippen molar-refractivity contribution in [3.63, 3.8) is 0 Å². The van der Waals surface area contributed by atoms with Crippen LogP contribution in [-0.2, 0) is 0 Å². The van der Waals surface area contributed by atoms with E-state index < -0.39 is 0 Å². The summed E-state index contributed by atoms with van der Waals surface area (Å²) in [7, 11) is 1.68. The second-order valence-corrected chi connectivity index (χ2v) is 7.10. The van der Waals surface area contributed by atoms with E-state index in [1.807, 2.05) is 12.1 Å². The van der Waals surface area contributed by atoms with E-state index in [4.69, 9.17) is 17.0 Å². The number of likely N-dealkylation sites (tertiary alicyclic amines) is 1. The molecule has 1 aliphatic heterocycles. The third-order valence-electron chi connectivity index (χ3n) is 3.51. The molecule has 19 heavy (non-hydrogen) atoms. The second kappa shape index (κ2) is 6.55. The van der Waals surface area contributed by atoms with Gasteiger partial charge in [0, 0.05) is 17.6 Å². The molecule has 0 spiro atoms. The number of halogens is 2. The molecule has 2 rings (SSSR count). The summed E-state index contributed by atoms with van der Waals surface area (Å²) in [4.78, 5) is 3.16. The molecule has 0 saturated carbocycles. The fourth-order valence-corrected chi connectivity index (χ4v) is 4.03. The van der Waals surface area contributed by atoms with E-state index in [0.29, 0.717) is 0 Å². The molecule has 1 fully saturated rings. The minimum atomic E-state index is 0.801. The summed E-state index contributed by atoms with van der Waals surface area (Å²) >= 11 is 12.7. The molecule has 0 atom stereocenters. The normalized spacial score (nSPS) is 16.5. The van der Waals surface area contributed by atoms with Crippen molar-refractivity contribution >= 4 is 49.1 Å². The largest absolute Gasteiger partial charge is 0.495 e. The number of benzene rings is 1. The number of thiocarbonyl (C=S) groups is 1. The van der Waals surface area contributed by atoms with E-state index >= 15 is 0 Å². The van der Waals surface area contributed by atoms with E-state index in [1.54, 1.807) is 7.11 Å². The van der Waals surface area contributed by atoms with Crippen molar-refractivity contribution in [2.75, 3.05) is 20.2 Å². The van der Waals surface area contributed by atoms with Gasteiger partial charge in [-0.2, -0.15) is 0 Å². The van der Waals surface area contributed by atoms with Crippen LogP contribution < -0.4 is 4.74 Å². The van der Waals surface area contributed by atoms with E-state index in [1.165, 1.54) is 12.8 Å². The molecule has 2 nitrogen and oxygen atoms in total. The van der Waals surface area contributed by atoms with E-state index in [9.17, 15) is 0 Å². The van der Waals surface area contributed by atoms with Crippen molar-refractivity contribution in [3.05, 3.63) is 26.6 Å². The predicted octanol–water partition coefficient (Wildman–Crippen LogP) is 4.63. The molecule has 1 aliphatic rings. The first-order valence-electron chi connectivity index (χ1n) is 6.35. The van der Waals surface area contributed by atoms with Crippen LogP contribution in [0, 0.1) is 5.92 Å². The monoisotopic (exact) mass is 405 g/mol. The van der Waals surface area contributed by atoms with Gasteiger partial charge < -0.3 is 9.64 Å². The first kappa shape index (κ1) is 15.3. The molecule has 104 valence electrons. The van der Waals surface area contributed by atoms with Gasteiger partial charge in [0.25, 0.3) is 0 Å². The van der Waals surface area contributed by atoms with Crippen molar-refractivity contribution in [1.29, 1.82) is 0 Å². The van der Waals surface area contributed by atoms with Crippen molar-refractivity contribution in [3.8, 4) is 5.75 Å². The quantitative estimate of drug-likeness (QED) is 0.664. The molecule has 0 unspecified atom stereocenters. The highest BCUT2D eigenvalue weighted by Crippen LogP contribution is 2.34. The molecule has 0 radical (unpaired) electrons. The Morgan fingerprint density at radius 3 is 2.53 bits per heavy atom. The van der Waals surface area contributed by atoms with Gasteiger partial charge in [0.05, 0.1) is 17.1 Å². The summed E-state index contributed by atoms with van der Waals surface area (Å²) in [5.74, 6) is 1.61. The minimum absolute atomic E-state index is 0.801. The molecule has 1 aromatic carbocycles. The lowest BCUT2D eigenvalue weighted by molar-refractivity contribution is 0.283. The van der Waals surface area contributed by atoms with Gasteiger partial charge in [0.1, 0.15) is 10.7 Å². The number of hydrogen-bond acceptors (Lipinski definition) is 2. The van der Waals surface area contributed by atoms with Crippen LogP contribution in [0.1, 0.15) is 25.3 Å². The summed E-state index contributed by atoms with van der Waals surface area (Å²) in [6, 6.07) is 4.01. The average Bonchev–Trinajstić information content (AvgIpc) is 2.38. The zero-order valence-electron chi connectivity index (χ0n) is 11.1. The fourth-order valence-electron chi connectivity index (χ4n) is 2.31. The van der Waals surface area contributed by atoms with Crippen LogP contribution in [0.25, 0.3) is 0 Å². The van der Waals surface area contributed by atoms with Crippen LogP contribution >= 0.6 is 44.1 Å². The van der Waals surface area contributed by atoms with Gasteiger partial charge in [-0.05, 0) is 46.8 Å². The highest BCUT2D eigenvalue weighted by atomic mass is 79.9. The van der Waals surface area contributed by atoms with Gasteiger partial charge >= 0.3 is 0 Å². The summed E-state index contributed by atoms with van der Waals surface area (Å²) in [6.07, 6.45) is 2.41. The number of nitrogens with zero attached hydrogens (tertiary/aromatic N) is 1. The number of rotatable bonds is 2. The first-order valence-corrected chi connectivity index (χ1v) is 8.34. The van der Waals surface area contributed by atoms with Crippen molar-refractivity contribution in [1.82, 2.24) is 4.90 Å². The van der Waals surface area contributed by atoms with Crippen LogP contribution in [0.3, 0.4) is 0 Å². The Labute approximate surface area is 136 Å². The molecule has 1 heterocycles. The minimum Gasteiger partial charge on any atom is -0.495 e. The van der Waals surface area contributed by atoms with E-state index in [2.05, 4.69) is 43.7 Å². The van der Waals surface area contributed by atoms with Gasteiger partial charge in [-0.25, -0.2) is 0 Å². The van der Waals surface area contributed by atoms with Gasteiger partial charge in [-0.1, -0.05) is 35.1 Å². The van der Waals surface area contributed by atoms with Crippen molar-refractivity contribution in [2.24, 2.45) is 5.92 Å². The van der Waals surface area contributed by atoms with Crippen LogP contribution in [-0.4, -0.2) is 30.1 Å². The fraction of sp³-hybridized carbons (Fsp3) is 0.500. The maximum atomic E-state index is 5.66. The third-order valence-corrected chi connectivity index (χ3v) is 5.04. The highest BCUT2D eigenvalue weighted by molar-refractivity contribution is 9.11. The van der Waals surface area contributed by atoms with Crippen molar-refractivity contribution < 1.29 is 4.74 Å². The smallest absolute Gasteiger partial charge is 0.143 e. The predicted molar refractivity (Wildman–Crippen MR) is 90.1 cm³/mol. The van der Waals surface area contributed by atoms with Gasteiger partial charge in [0.15, 0.2) is 0 Å². The summed E-state index contributed by atoms with van der Waals surface area (Å²) in [6.45, 7) is 4.37. The molecule has 0 aliphatic carbocycles. The Bertz CT molecular complexity index is 485. The molecule has 5 heteroatoms. The van der Waals surface area contributed by atoms with Gasteiger partial charge in [-0.15, -0.1) is 0 Å². The zero-order valence-corrected chi connectivity index (χ0v) is 15.1. The molecule has 1 aromatic rings. The topological polar surface area (TPSA) is 12.5 Å². The van der Waals surface area contributed by atoms with Crippen LogP contribution in [0.15, 0.2) is 21.1 Å². The maximum absolute atomic E-state index is 5.66. The molecular weight excluding hydrogens is 390 g/mol. The molecule has 0 bridgehead atoms. The van der Waals surface area contributed by atoms with Crippen molar-refractivity contribution in [2.45, 2.75) is 19.8 Å². The lowest BCUT2D eigenvalue weighted by Gasteiger charge is -2.33. The lowest BCUT2D eigenvalue weighted by Crippen LogP contribution is -2.37.